The molecule has 7 heteroatoms. The molecule has 0 spiro atoms. The molecule has 1 amide bonds. The summed E-state index contributed by atoms with van der Waals surface area (Å²) in [5.74, 6) is -0.0797. The molecular formula is C15H18N4O3. The van der Waals surface area contributed by atoms with Crippen LogP contribution in [0.4, 0.5) is 0 Å². The van der Waals surface area contributed by atoms with Crippen LogP contribution < -0.4 is 16.6 Å². The summed E-state index contributed by atoms with van der Waals surface area (Å²) in [6.45, 7) is 4.92. The number of aromatic amines is 1. The largest absolute Gasteiger partial charge is 0.336 e. The zero-order valence-electron chi connectivity index (χ0n) is 12.4. The molecule has 0 bridgehead atoms. The summed E-state index contributed by atoms with van der Waals surface area (Å²) in [6, 6.07) is 4.84. The fourth-order valence-corrected chi connectivity index (χ4v) is 2.73. The van der Waals surface area contributed by atoms with Crippen LogP contribution in [0.15, 0.2) is 27.8 Å². The number of hydrogen-bond acceptors (Lipinski definition) is 4. The molecule has 0 radical (unpaired) electrons. The highest BCUT2D eigenvalue weighted by Crippen LogP contribution is 2.12. The average Bonchev–Trinajstić information content (AvgIpc) is 2.55. The molecule has 1 aliphatic rings. The number of benzene rings is 1. The Morgan fingerprint density at radius 2 is 1.95 bits per heavy atom. The Labute approximate surface area is 126 Å². The van der Waals surface area contributed by atoms with E-state index in [0.717, 1.165) is 17.7 Å². The van der Waals surface area contributed by atoms with E-state index in [-0.39, 0.29) is 11.5 Å². The number of H-pyrrole nitrogens is 1. The zero-order chi connectivity index (χ0) is 15.7. The van der Waals surface area contributed by atoms with Crippen molar-refractivity contribution in [2.75, 3.05) is 26.2 Å². The number of amides is 1. The van der Waals surface area contributed by atoms with Gasteiger partial charge in [-0.15, -0.1) is 0 Å². The third-order valence-electron chi connectivity index (χ3n) is 3.95. The van der Waals surface area contributed by atoms with Crippen molar-refractivity contribution in [3.8, 4) is 0 Å². The monoisotopic (exact) mass is 302 g/mol. The van der Waals surface area contributed by atoms with Crippen LogP contribution in [0.3, 0.4) is 0 Å². The highest BCUT2D eigenvalue weighted by molar-refractivity contribution is 5.97. The number of hydrogen-bond donors (Lipinski definition) is 2. The molecule has 1 aromatic carbocycles. The molecule has 116 valence electrons. The van der Waals surface area contributed by atoms with Crippen LogP contribution in [0.1, 0.15) is 17.3 Å². The number of rotatable bonds is 2. The summed E-state index contributed by atoms with van der Waals surface area (Å²) in [7, 11) is 0. The lowest BCUT2D eigenvalue weighted by atomic mass is 10.1. The molecule has 0 saturated carbocycles. The molecule has 0 unspecified atom stereocenters. The van der Waals surface area contributed by atoms with Crippen LogP contribution in [0.2, 0.25) is 0 Å². The van der Waals surface area contributed by atoms with E-state index in [2.05, 4.69) is 10.3 Å². The Kier molecular flexibility index (Phi) is 3.81. The van der Waals surface area contributed by atoms with E-state index in [1.165, 1.54) is 0 Å². The summed E-state index contributed by atoms with van der Waals surface area (Å²) in [4.78, 5) is 41.0. The number of carbonyl (C=O) groups excluding carboxylic acids is 1. The number of piperazine rings is 1. The van der Waals surface area contributed by atoms with Gasteiger partial charge in [-0.1, -0.05) is 0 Å². The Hall–Kier alpha value is -2.41. The lowest BCUT2D eigenvalue weighted by Gasteiger charge is -2.27. The molecule has 2 aromatic rings. The highest BCUT2D eigenvalue weighted by Gasteiger charge is 2.18. The zero-order valence-corrected chi connectivity index (χ0v) is 12.4. The van der Waals surface area contributed by atoms with Gasteiger partial charge in [0.25, 0.3) is 11.5 Å². The standard InChI is InChI=1S/C15H18N4O3/c1-2-19-14(21)11-4-3-10(9-12(11)17-15(19)22)13(20)18-7-5-16-6-8-18/h3-4,9,16H,2,5-8H2,1H3,(H,17,22). The van der Waals surface area contributed by atoms with Gasteiger partial charge in [0, 0.05) is 38.3 Å². The Bertz CT molecular complexity index is 831. The lowest BCUT2D eigenvalue weighted by molar-refractivity contribution is 0.0736. The minimum Gasteiger partial charge on any atom is -0.336 e. The van der Waals surface area contributed by atoms with Crippen LogP contribution in [-0.2, 0) is 6.54 Å². The fraction of sp³-hybridized carbons (Fsp3) is 0.400. The third-order valence-corrected chi connectivity index (χ3v) is 3.95. The Morgan fingerprint density at radius 3 is 2.64 bits per heavy atom. The minimum absolute atomic E-state index is 0.0797. The maximum atomic E-state index is 12.5. The van der Waals surface area contributed by atoms with Crippen molar-refractivity contribution in [1.82, 2.24) is 19.8 Å². The van der Waals surface area contributed by atoms with Crippen molar-refractivity contribution < 1.29 is 4.79 Å². The van der Waals surface area contributed by atoms with Gasteiger partial charge in [-0.05, 0) is 25.1 Å². The summed E-state index contributed by atoms with van der Waals surface area (Å²) in [6.07, 6.45) is 0. The second-order valence-electron chi connectivity index (χ2n) is 5.28. The van der Waals surface area contributed by atoms with Gasteiger partial charge in [0.1, 0.15) is 0 Å². The van der Waals surface area contributed by atoms with Crippen LogP contribution in [-0.4, -0.2) is 46.5 Å². The van der Waals surface area contributed by atoms with Crippen LogP contribution >= 0.6 is 0 Å². The molecule has 1 aromatic heterocycles. The number of nitrogens with zero attached hydrogens (tertiary/aromatic N) is 2. The first kappa shape index (κ1) is 14.5. The normalized spacial score (nSPS) is 15.2. The van der Waals surface area contributed by atoms with E-state index in [4.69, 9.17) is 0 Å². The van der Waals surface area contributed by atoms with Gasteiger partial charge in [-0.2, -0.15) is 0 Å². The quantitative estimate of drug-likeness (QED) is 0.801. The van der Waals surface area contributed by atoms with Crippen molar-refractivity contribution in [2.24, 2.45) is 0 Å². The second-order valence-corrected chi connectivity index (χ2v) is 5.28. The number of nitrogens with one attached hydrogen (secondary N) is 2. The van der Waals surface area contributed by atoms with E-state index < -0.39 is 5.69 Å². The van der Waals surface area contributed by atoms with E-state index in [1.54, 1.807) is 30.0 Å². The second kappa shape index (κ2) is 5.76. The van der Waals surface area contributed by atoms with Gasteiger partial charge in [-0.25, -0.2) is 4.79 Å². The van der Waals surface area contributed by atoms with Gasteiger partial charge in [0.15, 0.2) is 0 Å². The topological polar surface area (TPSA) is 87.2 Å². The highest BCUT2D eigenvalue weighted by atomic mass is 16.2. The van der Waals surface area contributed by atoms with E-state index in [9.17, 15) is 14.4 Å². The van der Waals surface area contributed by atoms with Crippen LogP contribution in [0, 0.1) is 0 Å². The first-order valence-electron chi connectivity index (χ1n) is 7.38. The van der Waals surface area contributed by atoms with Gasteiger partial charge >= 0.3 is 5.69 Å². The Balaban J connectivity index is 2.05. The van der Waals surface area contributed by atoms with Gasteiger partial charge in [0.2, 0.25) is 0 Å². The molecule has 2 N–H and O–H groups in total. The predicted molar refractivity (Wildman–Crippen MR) is 83.3 cm³/mol. The van der Waals surface area contributed by atoms with Gasteiger partial charge in [0.05, 0.1) is 10.9 Å². The fourth-order valence-electron chi connectivity index (χ4n) is 2.73. The maximum absolute atomic E-state index is 12.5. The summed E-state index contributed by atoms with van der Waals surface area (Å²) in [5, 5.41) is 3.61. The van der Waals surface area contributed by atoms with Gasteiger partial charge in [-0.3, -0.25) is 14.2 Å². The van der Waals surface area contributed by atoms with Crippen molar-refractivity contribution in [3.63, 3.8) is 0 Å². The van der Waals surface area contributed by atoms with E-state index in [0.29, 0.717) is 36.1 Å². The predicted octanol–water partition coefficient (Wildman–Crippen LogP) is -0.245. The molecule has 0 aliphatic carbocycles. The summed E-state index contributed by atoms with van der Waals surface area (Å²) >= 11 is 0. The first-order valence-corrected chi connectivity index (χ1v) is 7.38. The first-order chi connectivity index (χ1) is 10.6. The molecule has 1 saturated heterocycles. The SMILES string of the molecule is CCn1c(=O)[nH]c2cc(C(=O)N3CCNCC3)ccc2c1=O. The number of carbonyl (C=O) groups is 1. The minimum atomic E-state index is -0.452. The summed E-state index contributed by atoms with van der Waals surface area (Å²) < 4.78 is 1.14. The molecule has 1 fully saturated rings. The Morgan fingerprint density at radius 1 is 1.23 bits per heavy atom. The smallest absolute Gasteiger partial charge is 0.328 e. The van der Waals surface area contributed by atoms with Crippen molar-refractivity contribution in [2.45, 2.75) is 13.5 Å². The van der Waals surface area contributed by atoms with Crippen LogP contribution in [0.25, 0.3) is 10.9 Å². The lowest BCUT2D eigenvalue weighted by Crippen LogP contribution is -2.46. The molecule has 2 heterocycles. The summed E-state index contributed by atoms with van der Waals surface area (Å²) in [5.41, 5.74) is 0.105. The average molecular weight is 302 g/mol. The van der Waals surface area contributed by atoms with E-state index >= 15 is 0 Å². The molecular weight excluding hydrogens is 284 g/mol. The molecule has 0 atom stereocenters. The third kappa shape index (κ3) is 2.43. The van der Waals surface area contributed by atoms with Crippen molar-refractivity contribution in [1.29, 1.82) is 0 Å². The van der Waals surface area contributed by atoms with Crippen molar-refractivity contribution >= 4 is 16.8 Å². The molecule has 1 aliphatic heterocycles. The number of aromatic nitrogens is 2. The van der Waals surface area contributed by atoms with Crippen molar-refractivity contribution in [3.05, 3.63) is 44.6 Å². The molecule has 22 heavy (non-hydrogen) atoms. The molecule has 3 rings (SSSR count). The maximum Gasteiger partial charge on any atom is 0.328 e. The van der Waals surface area contributed by atoms with Crippen LogP contribution in [0.5, 0.6) is 0 Å². The molecule has 7 nitrogen and oxygen atoms in total. The number of fused-ring (bicyclic) bond motifs is 1. The van der Waals surface area contributed by atoms with Gasteiger partial charge < -0.3 is 15.2 Å². The van der Waals surface area contributed by atoms with E-state index in [1.807, 2.05) is 0 Å².